The molecule has 0 unspecified atom stereocenters. The standard InChI is InChI=1S/C11H12Cl2O3S/c12-10-6-9(17(13,14)15)4-5-11(10)16-7-8-2-1-3-8/h4-6,8H,1-3,7H2. The van der Waals surface area contributed by atoms with Gasteiger partial charge in [-0.25, -0.2) is 8.42 Å². The van der Waals surface area contributed by atoms with Crippen molar-refractivity contribution >= 4 is 31.3 Å². The minimum absolute atomic E-state index is 0.0137. The van der Waals surface area contributed by atoms with Crippen molar-refractivity contribution in [2.75, 3.05) is 6.61 Å². The highest BCUT2D eigenvalue weighted by molar-refractivity contribution is 8.13. The molecule has 0 spiro atoms. The van der Waals surface area contributed by atoms with Crippen molar-refractivity contribution in [2.24, 2.45) is 5.92 Å². The summed E-state index contributed by atoms with van der Waals surface area (Å²) in [4.78, 5) is -0.0137. The molecule has 17 heavy (non-hydrogen) atoms. The Kier molecular flexibility index (Phi) is 3.85. The number of ether oxygens (including phenoxy) is 1. The van der Waals surface area contributed by atoms with Crippen LogP contribution >= 0.6 is 22.3 Å². The summed E-state index contributed by atoms with van der Waals surface area (Å²) in [5.41, 5.74) is 0. The molecule has 94 valence electrons. The monoisotopic (exact) mass is 294 g/mol. The Morgan fingerprint density at radius 2 is 2.06 bits per heavy atom. The van der Waals surface area contributed by atoms with E-state index in [0.29, 0.717) is 18.3 Å². The van der Waals surface area contributed by atoms with Gasteiger partial charge in [-0.15, -0.1) is 0 Å². The van der Waals surface area contributed by atoms with Gasteiger partial charge in [0, 0.05) is 10.7 Å². The summed E-state index contributed by atoms with van der Waals surface area (Å²) < 4.78 is 27.7. The third-order valence-corrected chi connectivity index (χ3v) is 4.53. The molecular formula is C11H12Cl2O3S. The summed E-state index contributed by atoms with van der Waals surface area (Å²) in [6.07, 6.45) is 3.63. The first-order valence-electron chi connectivity index (χ1n) is 5.34. The summed E-state index contributed by atoms with van der Waals surface area (Å²) in [5.74, 6) is 1.10. The highest BCUT2D eigenvalue weighted by atomic mass is 35.7. The smallest absolute Gasteiger partial charge is 0.261 e. The zero-order chi connectivity index (χ0) is 12.5. The summed E-state index contributed by atoms with van der Waals surface area (Å²) in [5, 5.41) is 0.269. The Labute approximate surface area is 110 Å². The van der Waals surface area contributed by atoms with Crippen LogP contribution in [0.3, 0.4) is 0 Å². The second kappa shape index (κ2) is 5.04. The molecule has 1 aliphatic rings. The summed E-state index contributed by atoms with van der Waals surface area (Å²) in [6.45, 7) is 0.632. The van der Waals surface area contributed by atoms with Gasteiger partial charge in [0.1, 0.15) is 5.75 Å². The predicted molar refractivity (Wildman–Crippen MR) is 67.3 cm³/mol. The highest BCUT2D eigenvalue weighted by Gasteiger charge is 2.19. The van der Waals surface area contributed by atoms with Crippen LogP contribution in [0, 0.1) is 5.92 Å². The molecule has 2 rings (SSSR count). The van der Waals surface area contributed by atoms with Crippen LogP contribution in [-0.4, -0.2) is 15.0 Å². The van der Waals surface area contributed by atoms with E-state index >= 15 is 0 Å². The van der Waals surface area contributed by atoms with Crippen LogP contribution in [0.25, 0.3) is 0 Å². The van der Waals surface area contributed by atoms with Crippen LogP contribution in [0.15, 0.2) is 23.1 Å². The number of hydrogen-bond donors (Lipinski definition) is 0. The molecule has 0 saturated heterocycles. The molecule has 0 amide bonds. The largest absolute Gasteiger partial charge is 0.492 e. The Balaban J connectivity index is 2.08. The van der Waals surface area contributed by atoms with Gasteiger partial charge in [0.25, 0.3) is 9.05 Å². The predicted octanol–water partition coefficient (Wildman–Crippen LogP) is 3.45. The van der Waals surface area contributed by atoms with Gasteiger partial charge in [0.05, 0.1) is 16.5 Å². The van der Waals surface area contributed by atoms with Gasteiger partial charge >= 0.3 is 0 Å². The SMILES string of the molecule is O=S(=O)(Cl)c1ccc(OCC2CCC2)c(Cl)c1. The lowest BCUT2D eigenvalue weighted by Crippen LogP contribution is -2.19. The number of benzene rings is 1. The fourth-order valence-electron chi connectivity index (χ4n) is 1.62. The molecule has 0 heterocycles. The lowest BCUT2D eigenvalue weighted by molar-refractivity contribution is 0.180. The molecule has 6 heteroatoms. The maximum Gasteiger partial charge on any atom is 0.261 e. The molecule has 1 saturated carbocycles. The van der Waals surface area contributed by atoms with Gasteiger partial charge < -0.3 is 4.74 Å². The van der Waals surface area contributed by atoms with Gasteiger partial charge in [0.15, 0.2) is 0 Å². The van der Waals surface area contributed by atoms with E-state index in [9.17, 15) is 8.42 Å². The Morgan fingerprint density at radius 1 is 1.35 bits per heavy atom. The Hall–Kier alpha value is -0.450. The quantitative estimate of drug-likeness (QED) is 0.799. The number of hydrogen-bond acceptors (Lipinski definition) is 3. The fraction of sp³-hybridized carbons (Fsp3) is 0.455. The molecule has 3 nitrogen and oxygen atoms in total. The summed E-state index contributed by atoms with van der Waals surface area (Å²) >= 11 is 5.93. The third kappa shape index (κ3) is 3.27. The van der Waals surface area contributed by atoms with E-state index in [0.717, 1.165) is 0 Å². The molecule has 0 atom stereocenters. The van der Waals surface area contributed by atoms with Crippen molar-refractivity contribution in [3.63, 3.8) is 0 Å². The highest BCUT2D eigenvalue weighted by Crippen LogP contribution is 2.31. The Bertz CT molecular complexity index is 509. The van der Waals surface area contributed by atoms with Crippen molar-refractivity contribution in [2.45, 2.75) is 24.2 Å². The maximum atomic E-state index is 11.1. The van der Waals surface area contributed by atoms with Crippen molar-refractivity contribution in [1.29, 1.82) is 0 Å². The average Bonchev–Trinajstić information content (AvgIpc) is 2.16. The molecule has 1 aromatic carbocycles. The van der Waals surface area contributed by atoms with Crippen LogP contribution in [0.1, 0.15) is 19.3 Å². The lowest BCUT2D eigenvalue weighted by Gasteiger charge is -2.25. The van der Waals surface area contributed by atoms with Gasteiger partial charge in [-0.05, 0) is 37.0 Å². The molecular weight excluding hydrogens is 283 g/mol. The Morgan fingerprint density at radius 3 is 2.53 bits per heavy atom. The number of halogens is 2. The molecule has 0 N–H and O–H groups in total. The number of rotatable bonds is 4. The van der Waals surface area contributed by atoms with Crippen LogP contribution in [0.4, 0.5) is 0 Å². The molecule has 0 radical (unpaired) electrons. The average molecular weight is 295 g/mol. The van der Waals surface area contributed by atoms with E-state index < -0.39 is 9.05 Å². The van der Waals surface area contributed by atoms with E-state index in [2.05, 4.69) is 0 Å². The van der Waals surface area contributed by atoms with Gasteiger partial charge in [-0.3, -0.25) is 0 Å². The zero-order valence-electron chi connectivity index (χ0n) is 9.03. The van der Waals surface area contributed by atoms with Crippen LogP contribution in [0.2, 0.25) is 5.02 Å². The van der Waals surface area contributed by atoms with Crippen LogP contribution < -0.4 is 4.74 Å². The molecule has 0 bridgehead atoms. The molecule has 1 aliphatic carbocycles. The second-order valence-electron chi connectivity index (χ2n) is 4.14. The fourth-order valence-corrected chi connectivity index (χ4v) is 2.69. The normalized spacial score (nSPS) is 16.6. The minimum Gasteiger partial charge on any atom is -0.492 e. The van der Waals surface area contributed by atoms with Gasteiger partial charge in [0.2, 0.25) is 0 Å². The van der Waals surface area contributed by atoms with Crippen molar-refractivity contribution in [3.05, 3.63) is 23.2 Å². The van der Waals surface area contributed by atoms with E-state index in [1.165, 1.54) is 37.5 Å². The summed E-state index contributed by atoms with van der Waals surface area (Å²) in [6, 6.07) is 4.24. The minimum atomic E-state index is -3.73. The van der Waals surface area contributed by atoms with E-state index in [1.54, 1.807) is 0 Å². The van der Waals surface area contributed by atoms with E-state index in [-0.39, 0.29) is 9.92 Å². The van der Waals surface area contributed by atoms with Crippen LogP contribution in [0.5, 0.6) is 5.75 Å². The first kappa shape index (κ1) is 13.0. The topological polar surface area (TPSA) is 43.4 Å². The zero-order valence-corrected chi connectivity index (χ0v) is 11.4. The maximum absolute atomic E-state index is 11.1. The molecule has 0 aliphatic heterocycles. The molecule has 0 aromatic heterocycles. The molecule has 1 aromatic rings. The van der Waals surface area contributed by atoms with E-state index in [1.807, 2.05) is 0 Å². The van der Waals surface area contributed by atoms with Crippen molar-refractivity contribution < 1.29 is 13.2 Å². The van der Waals surface area contributed by atoms with Crippen molar-refractivity contribution in [3.8, 4) is 5.75 Å². The van der Waals surface area contributed by atoms with E-state index in [4.69, 9.17) is 27.0 Å². The molecule has 1 fully saturated rings. The lowest BCUT2D eigenvalue weighted by atomic mass is 9.86. The van der Waals surface area contributed by atoms with Gasteiger partial charge in [-0.1, -0.05) is 18.0 Å². The first-order valence-corrected chi connectivity index (χ1v) is 8.02. The van der Waals surface area contributed by atoms with Gasteiger partial charge in [-0.2, -0.15) is 0 Å². The second-order valence-corrected chi connectivity index (χ2v) is 7.11. The van der Waals surface area contributed by atoms with Crippen LogP contribution in [-0.2, 0) is 9.05 Å². The summed E-state index contributed by atoms with van der Waals surface area (Å²) in [7, 11) is 1.48. The first-order chi connectivity index (χ1) is 7.97. The van der Waals surface area contributed by atoms with Crippen molar-refractivity contribution in [1.82, 2.24) is 0 Å². The third-order valence-electron chi connectivity index (χ3n) is 2.88.